The second-order valence-corrected chi connectivity index (χ2v) is 9.73. The zero-order chi connectivity index (χ0) is 29.5. The van der Waals surface area contributed by atoms with E-state index in [4.69, 9.17) is 15.2 Å². The highest BCUT2D eigenvalue weighted by Crippen LogP contribution is 2.27. The van der Waals surface area contributed by atoms with Crippen molar-refractivity contribution < 1.29 is 28.2 Å². The SMILES string of the molecule is NCc1ccc(C(=O)Nc2ccncc2F)cc1-c1cccc(C(=O)Nc2ccc(C(=O)OCC3CCCO3)cc2)c1. The van der Waals surface area contributed by atoms with Gasteiger partial charge in [0.2, 0.25) is 0 Å². The van der Waals surface area contributed by atoms with Crippen molar-refractivity contribution in [3.05, 3.63) is 113 Å². The van der Waals surface area contributed by atoms with Crippen molar-refractivity contribution in [3.8, 4) is 11.1 Å². The highest BCUT2D eigenvalue weighted by Gasteiger charge is 2.19. The van der Waals surface area contributed by atoms with Crippen LogP contribution in [0.25, 0.3) is 11.1 Å². The molecule has 1 atom stereocenters. The summed E-state index contributed by atoms with van der Waals surface area (Å²) < 4.78 is 24.8. The van der Waals surface area contributed by atoms with Crippen molar-refractivity contribution in [2.24, 2.45) is 5.73 Å². The summed E-state index contributed by atoms with van der Waals surface area (Å²) in [7, 11) is 0. The van der Waals surface area contributed by atoms with Crippen LogP contribution in [0.1, 0.15) is 49.5 Å². The van der Waals surface area contributed by atoms with Crippen LogP contribution in [0, 0.1) is 5.82 Å². The molecule has 1 unspecified atom stereocenters. The molecule has 0 aliphatic carbocycles. The van der Waals surface area contributed by atoms with E-state index >= 15 is 0 Å². The van der Waals surface area contributed by atoms with Crippen molar-refractivity contribution in [2.75, 3.05) is 23.8 Å². The Labute approximate surface area is 241 Å². The van der Waals surface area contributed by atoms with Crippen molar-refractivity contribution in [1.82, 2.24) is 4.98 Å². The lowest BCUT2D eigenvalue weighted by Gasteiger charge is -2.13. The number of nitrogens with zero attached hydrogens (tertiary/aromatic N) is 1. The van der Waals surface area contributed by atoms with Crippen molar-refractivity contribution in [3.63, 3.8) is 0 Å². The fourth-order valence-corrected chi connectivity index (χ4v) is 4.58. The maximum absolute atomic E-state index is 14.0. The minimum atomic E-state index is -0.646. The summed E-state index contributed by atoms with van der Waals surface area (Å²) in [4.78, 5) is 42.0. The molecule has 3 aromatic carbocycles. The molecular formula is C32H29FN4O5. The zero-order valence-corrected chi connectivity index (χ0v) is 22.6. The van der Waals surface area contributed by atoms with E-state index in [1.165, 1.54) is 12.3 Å². The third-order valence-corrected chi connectivity index (χ3v) is 6.85. The smallest absolute Gasteiger partial charge is 0.338 e. The van der Waals surface area contributed by atoms with E-state index in [9.17, 15) is 18.8 Å². The summed E-state index contributed by atoms with van der Waals surface area (Å²) in [5, 5.41) is 5.38. The van der Waals surface area contributed by atoms with Crippen molar-refractivity contribution in [2.45, 2.75) is 25.5 Å². The van der Waals surface area contributed by atoms with Crippen LogP contribution in [0.5, 0.6) is 0 Å². The van der Waals surface area contributed by atoms with Gasteiger partial charge in [-0.3, -0.25) is 14.6 Å². The van der Waals surface area contributed by atoms with Gasteiger partial charge in [-0.1, -0.05) is 18.2 Å². The molecule has 0 radical (unpaired) electrons. The number of nitrogens with two attached hydrogens (primary N) is 1. The van der Waals surface area contributed by atoms with Gasteiger partial charge in [-0.25, -0.2) is 9.18 Å². The summed E-state index contributed by atoms with van der Waals surface area (Å²) >= 11 is 0. The van der Waals surface area contributed by atoms with Crippen molar-refractivity contribution >= 4 is 29.2 Å². The Kier molecular flexibility index (Phi) is 8.96. The van der Waals surface area contributed by atoms with E-state index in [0.717, 1.165) is 24.6 Å². The van der Waals surface area contributed by atoms with Crippen LogP contribution >= 0.6 is 0 Å². The first-order chi connectivity index (χ1) is 20.4. The number of pyridine rings is 1. The number of halogens is 1. The molecule has 1 aromatic heterocycles. The molecule has 1 aliphatic heterocycles. The van der Waals surface area contributed by atoms with E-state index in [-0.39, 0.29) is 30.9 Å². The molecule has 10 heteroatoms. The summed E-state index contributed by atoms with van der Waals surface area (Å²) in [6.07, 6.45) is 4.19. The number of anilines is 2. The number of carbonyl (C=O) groups is 3. The van der Waals surface area contributed by atoms with Gasteiger partial charge < -0.3 is 25.8 Å². The lowest BCUT2D eigenvalue weighted by atomic mass is 9.95. The summed E-state index contributed by atoms with van der Waals surface area (Å²) in [5.41, 5.74) is 9.64. The second kappa shape index (κ2) is 13.2. The number of esters is 1. The Bertz CT molecular complexity index is 1600. The average molecular weight is 569 g/mol. The van der Waals surface area contributed by atoms with Crippen LogP contribution in [0.2, 0.25) is 0 Å². The first kappa shape index (κ1) is 28.6. The molecular weight excluding hydrogens is 539 g/mol. The number of aromatic nitrogens is 1. The number of amides is 2. The van der Waals surface area contributed by atoms with Crippen LogP contribution in [0.3, 0.4) is 0 Å². The fourth-order valence-electron chi connectivity index (χ4n) is 4.58. The van der Waals surface area contributed by atoms with E-state index in [0.29, 0.717) is 40.1 Å². The van der Waals surface area contributed by atoms with Gasteiger partial charge in [0.15, 0.2) is 5.82 Å². The first-order valence-electron chi connectivity index (χ1n) is 13.5. The van der Waals surface area contributed by atoms with E-state index in [2.05, 4.69) is 15.6 Å². The summed E-state index contributed by atoms with van der Waals surface area (Å²) in [6.45, 7) is 1.11. The van der Waals surface area contributed by atoms with Crippen LogP contribution in [0.4, 0.5) is 15.8 Å². The van der Waals surface area contributed by atoms with Crippen molar-refractivity contribution in [1.29, 1.82) is 0 Å². The topological polar surface area (TPSA) is 133 Å². The molecule has 2 amide bonds. The van der Waals surface area contributed by atoms with Crippen LogP contribution in [-0.2, 0) is 16.0 Å². The van der Waals surface area contributed by atoms with E-state index in [1.54, 1.807) is 60.7 Å². The predicted molar refractivity (Wildman–Crippen MR) is 156 cm³/mol. The lowest BCUT2D eigenvalue weighted by molar-refractivity contribution is 0.0161. The molecule has 1 aliphatic rings. The largest absolute Gasteiger partial charge is 0.459 e. The Morgan fingerprint density at radius 3 is 2.45 bits per heavy atom. The number of benzene rings is 3. The number of nitrogens with one attached hydrogen (secondary N) is 2. The third-order valence-electron chi connectivity index (χ3n) is 6.85. The number of hydrogen-bond donors (Lipinski definition) is 3. The fraction of sp³-hybridized carbons (Fsp3) is 0.188. The third kappa shape index (κ3) is 6.85. The van der Waals surface area contributed by atoms with Crippen LogP contribution < -0.4 is 16.4 Å². The molecule has 0 saturated carbocycles. The normalized spacial score (nSPS) is 14.3. The Hall–Kier alpha value is -4.93. The molecule has 1 saturated heterocycles. The number of hydrogen-bond acceptors (Lipinski definition) is 7. The molecule has 5 rings (SSSR count). The van der Waals surface area contributed by atoms with Gasteiger partial charge in [-0.2, -0.15) is 0 Å². The van der Waals surface area contributed by atoms with Crippen LogP contribution in [0.15, 0.2) is 85.2 Å². The molecule has 0 spiro atoms. The first-order valence-corrected chi connectivity index (χ1v) is 13.5. The molecule has 0 bridgehead atoms. The highest BCUT2D eigenvalue weighted by atomic mass is 19.1. The second-order valence-electron chi connectivity index (χ2n) is 9.73. The summed E-state index contributed by atoms with van der Waals surface area (Å²) in [6, 6.07) is 19.7. The number of carbonyl (C=O) groups excluding carboxylic acids is 3. The average Bonchev–Trinajstić information content (AvgIpc) is 3.55. The van der Waals surface area contributed by atoms with Gasteiger partial charge in [-0.05, 0) is 84.1 Å². The van der Waals surface area contributed by atoms with Gasteiger partial charge in [0.25, 0.3) is 11.8 Å². The minimum absolute atomic E-state index is 0.0155. The molecule has 42 heavy (non-hydrogen) atoms. The zero-order valence-electron chi connectivity index (χ0n) is 22.6. The molecule has 1 fully saturated rings. The highest BCUT2D eigenvalue weighted by molar-refractivity contribution is 6.06. The molecule has 214 valence electrons. The van der Waals surface area contributed by atoms with Gasteiger partial charge in [-0.15, -0.1) is 0 Å². The predicted octanol–water partition coefficient (Wildman–Crippen LogP) is 5.19. The quantitative estimate of drug-likeness (QED) is 0.237. The number of ether oxygens (including phenoxy) is 2. The maximum atomic E-state index is 14.0. The Morgan fingerprint density at radius 2 is 1.71 bits per heavy atom. The molecule has 2 heterocycles. The maximum Gasteiger partial charge on any atom is 0.338 e. The monoisotopic (exact) mass is 568 g/mol. The standard InChI is InChI=1S/C32H29FN4O5/c33-28-18-35-13-12-29(28)37-31(39)23-6-7-24(17-34)27(16-23)21-3-1-4-22(15-21)30(38)36-25-10-8-20(9-11-25)32(40)42-19-26-5-2-14-41-26/h1,3-4,6-13,15-16,18,26H,2,5,14,17,19,34H2,(H,36,38)(H,35,37,39). The lowest BCUT2D eigenvalue weighted by Crippen LogP contribution is -2.18. The van der Waals surface area contributed by atoms with Gasteiger partial charge >= 0.3 is 5.97 Å². The van der Waals surface area contributed by atoms with Gasteiger partial charge in [0, 0.05) is 36.2 Å². The van der Waals surface area contributed by atoms with Gasteiger partial charge in [0.05, 0.1) is 23.6 Å². The summed E-state index contributed by atoms with van der Waals surface area (Å²) in [5.74, 6) is -1.96. The van der Waals surface area contributed by atoms with Gasteiger partial charge in [0.1, 0.15) is 6.61 Å². The molecule has 9 nitrogen and oxygen atoms in total. The van der Waals surface area contributed by atoms with E-state index < -0.39 is 17.7 Å². The molecule has 4 aromatic rings. The Morgan fingerprint density at radius 1 is 0.952 bits per heavy atom. The number of rotatable bonds is 9. The minimum Gasteiger partial charge on any atom is -0.459 e. The van der Waals surface area contributed by atoms with E-state index in [1.807, 2.05) is 6.07 Å². The Balaban J connectivity index is 1.28. The molecule has 4 N–H and O–H groups in total. The van der Waals surface area contributed by atoms with Crippen LogP contribution in [-0.4, -0.2) is 42.1 Å².